The number of nitrogens with zero attached hydrogens (tertiary/aromatic N) is 6. The van der Waals surface area contributed by atoms with Crippen molar-refractivity contribution in [3.05, 3.63) is 70.8 Å². The van der Waals surface area contributed by atoms with E-state index in [1.165, 1.54) is 11.8 Å². The van der Waals surface area contributed by atoms with E-state index in [-0.39, 0.29) is 23.6 Å². The first-order valence-corrected chi connectivity index (χ1v) is 12.1. The van der Waals surface area contributed by atoms with Crippen molar-refractivity contribution in [2.45, 2.75) is 25.4 Å². The maximum absolute atomic E-state index is 12.9. The Hall–Kier alpha value is -3.37. The van der Waals surface area contributed by atoms with Gasteiger partial charge in [-0.05, 0) is 24.5 Å². The van der Waals surface area contributed by atoms with E-state index >= 15 is 0 Å². The number of carbonyl (C=O) groups is 2. The molecule has 1 fully saturated rings. The molecule has 0 unspecified atom stereocenters. The highest BCUT2D eigenvalue weighted by atomic mass is 35.5. The summed E-state index contributed by atoms with van der Waals surface area (Å²) >= 11 is 7.51. The molecule has 3 aromatic rings. The van der Waals surface area contributed by atoms with Crippen molar-refractivity contribution in [2.75, 3.05) is 11.1 Å². The molecule has 2 aromatic heterocycles. The first kappa shape index (κ1) is 22.4. The molecule has 1 N–H and O–H groups in total. The number of aromatic nitrogens is 4. The molecule has 34 heavy (non-hydrogen) atoms. The number of hydrogen-bond acceptors (Lipinski definition) is 6. The number of hydrogen-bond donors (Lipinski definition) is 1. The van der Waals surface area contributed by atoms with Gasteiger partial charge >= 0.3 is 0 Å². The first-order valence-electron chi connectivity index (χ1n) is 10.8. The Morgan fingerprint density at radius 2 is 2.06 bits per heavy atom. The molecule has 9 nitrogen and oxygen atoms in total. The van der Waals surface area contributed by atoms with Crippen LogP contribution in [0.3, 0.4) is 0 Å². The molecule has 0 spiro atoms. The Kier molecular flexibility index (Phi) is 6.25. The molecule has 2 amide bonds. The van der Waals surface area contributed by atoms with Crippen LogP contribution in [0.25, 0.3) is 6.08 Å². The second kappa shape index (κ2) is 9.47. The quantitative estimate of drug-likeness (QED) is 0.507. The summed E-state index contributed by atoms with van der Waals surface area (Å²) in [5, 5.41) is 12.2. The monoisotopic (exact) mass is 495 g/mol. The third kappa shape index (κ3) is 5.07. The molecule has 1 aliphatic heterocycles. The van der Waals surface area contributed by atoms with Gasteiger partial charge < -0.3 is 5.32 Å². The maximum atomic E-state index is 12.9. The molecule has 3 heterocycles. The van der Waals surface area contributed by atoms with Gasteiger partial charge in [0.05, 0.1) is 18.5 Å². The highest BCUT2D eigenvalue weighted by Gasteiger charge is 2.41. The lowest BCUT2D eigenvalue weighted by Gasteiger charge is -2.16. The van der Waals surface area contributed by atoms with Gasteiger partial charge in [0.2, 0.25) is 5.91 Å². The SMILES string of the molecule is Cn1cc(/C=C2\N=C(SCC(=O)Nc3nn(Cc4ccccc4)cc3Cl)N(C3CC3)C2=O)cn1. The fourth-order valence-corrected chi connectivity index (χ4v) is 4.63. The van der Waals surface area contributed by atoms with Gasteiger partial charge in [0, 0.05) is 31.0 Å². The van der Waals surface area contributed by atoms with Crippen LogP contribution < -0.4 is 5.32 Å². The van der Waals surface area contributed by atoms with Crippen molar-refractivity contribution in [2.24, 2.45) is 12.0 Å². The standard InChI is InChI=1S/C23H22ClN7O2S/c1-29-11-16(10-25-29)9-19-22(33)31(17-7-8-17)23(26-19)34-14-20(32)27-21-18(24)13-30(28-21)12-15-5-3-2-4-6-15/h2-6,9-11,13,17H,7-8,12,14H2,1H3,(H,27,28,32)/b19-9-. The van der Waals surface area contributed by atoms with Crippen LogP contribution in [0.5, 0.6) is 0 Å². The lowest BCUT2D eigenvalue weighted by molar-refractivity contribution is -0.123. The van der Waals surface area contributed by atoms with Gasteiger partial charge in [-0.3, -0.25) is 23.9 Å². The minimum absolute atomic E-state index is 0.0807. The van der Waals surface area contributed by atoms with Crippen molar-refractivity contribution in [1.82, 2.24) is 24.5 Å². The van der Waals surface area contributed by atoms with E-state index in [1.54, 1.807) is 32.7 Å². The van der Waals surface area contributed by atoms with Crippen LogP contribution in [0.1, 0.15) is 24.0 Å². The normalized spacial score (nSPS) is 16.9. The predicted molar refractivity (Wildman–Crippen MR) is 132 cm³/mol. The fourth-order valence-electron chi connectivity index (χ4n) is 3.57. The predicted octanol–water partition coefficient (Wildman–Crippen LogP) is 3.39. The Bertz CT molecular complexity index is 1290. The molecule has 1 aromatic carbocycles. The molecule has 5 rings (SSSR count). The highest BCUT2D eigenvalue weighted by Crippen LogP contribution is 2.35. The molecule has 0 saturated heterocycles. The zero-order valence-corrected chi connectivity index (χ0v) is 20.0. The summed E-state index contributed by atoms with van der Waals surface area (Å²) in [6.07, 6.45) is 8.77. The van der Waals surface area contributed by atoms with Crippen molar-refractivity contribution in [3.63, 3.8) is 0 Å². The third-order valence-corrected chi connectivity index (χ3v) is 6.52. The van der Waals surface area contributed by atoms with Gasteiger partial charge in [-0.15, -0.1) is 0 Å². The average molecular weight is 496 g/mol. The van der Waals surface area contributed by atoms with E-state index in [0.717, 1.165) is 24.0 Å². The summed E-state index contributed by atoms with van der Waals surface area (Å²) in [4.78, 5) is 31.7. The van der Waals surface area contributed by atoms with Crippen molar-refractivity contribution >= 4 is 52.2 Å². The van der Waals surface area contributed by atoms with Crippen LogP contribution >= 0.6 is 23.4 Å². The number of aryl methyl sites for hydroxylation is 1. The van der Waals surface area contributed by atoms with Crippen LogP contribution in [-0.2, 0) is 23.2 Å². The molecular weight excluding hydrogens is 474 g/mol. The number of nitrogens with one attached hydrogen (secondary N) is 1. The topological polar surface area (TPSA) is 97.4 Å². The molecule has 174 valence electrons. The Morgan fingerprint density at radius 3 is 2.76 bits per heavy atom. The Balaban J connectivity index is 1.23. The second-order valence-electron chi connectivity index (χ2n) is 8.12. The number of thioether (sulfide) groups is 1. The van der Waals surface area contributed by atoms with E-state index in [1.807, 2.05) is 43.6 Å². The summed E-state index contributed by atoms with van der Waals surface area (Å²) in [6.45, 7) is 0.548. The van der Waals surface area contributed by atoms with Crippen LogP contribution in [0, 0.1) is 0 Å². The molecule has 11 heteroatoms. The van der Waals surface area contributed by atoms with E-state index < -0.39 is 0 Å². The molecule has 0 bridgehead atoms. The summed E-state index contributed by atoms with van der Waals surface area (Å²) in [5.41, 5.74) is 2.23. The van der Waals surface area contributed by atoms with Crippen LogP contribution in [0.15, 0.2) is 59.6 Å². The van der Waals surface area contributed by atoms with E-state index in [0.29, 0.717) is 28.2 Å². The summed E-state index contributed by atoms with van der Waals surface area (Å²) in [5.74, 6) is -0.0227. The largest absolute Gasteiger partial charge is 0.307 e. The number of amidine groups is 1. The zero-order valence-electron chi connectivity index (χ0n) is 18.4. The minimum atomic E-state index is -0.271. The lowest BCUT2D eigenvalue weighted by Crippen LogP contribution is -2.33. The van der Waals surface area contributed by atoms with E-state index in [4.69, 9.17) is 11.6 Å². The molecule has 0 radical (unpaired) electrons. The van der Waals surface area contributed by atoms with Gasteiger partial charge in [-0.25, -0.2) is 4.99 Å². The summed E-state index contributed by atoms with van der Waals surface area (Å²) < 4.78 is 3.35. The Morgan fingerprint density at radius 1 is 1.26 bits per heavy atom. The summed E-state index contributed by atoms with van der Waals surface area (Å²) in [7, 11) is 1.81. The fraction of sp³-hybridized carbons (Fsp3) is 0.261. The average Bonchev–Trinajstić information content (AvgIpc) is 3.37. The molecular formula is C23H22ClN7O2S. The number of benzene rings is 1. The van der Waals surface area contributed by atoms with E-state index in [9.17, 15) is 9.59 Å². The lowest BCUT2D eigenvalue weighted by atomic mass is 10.2. The van der Waals surface area contributed by atoms with Crippen molar-refractivity contribution in [3.8, 4) is 0 Å². The number of halogens is 1. The van der Waals surface area contributed by atoms with Gasteiger partial charge in [0.15, 0.2) is 11.0 Å². The zero-order chi connectivity index (χ0) is 23.7. The molecule has 1 aliphatic carbocycles. The number of anilines is 1. The van der Waals surface area contributed by atoms with Gasteiger partial charge in [0.1, 0.15) is 10.7 Å². The van der Waals surface area contributed by atoms with Crippen molar-refractivity contribution in [1.29, 1.82) is 0 Å². The van der Waals surface area contributed by atoms with Crippen LogP contribution in [0.2, 0.25) is 5.02 Å². The number of rotatable bonds is 7. The maximum Gasteiger partial charge on any atom is 0.278 e. The Labute approximate surface area is 205 Å². The molecule has 0 atom stereocenters. The number of amides is 2. The van der Waals surface area contributed by atoms with Gasteiger partial charge in [-0.2, -0.15) is 10.2 Å². The van der Waals surface area contributed by atoms with Gasteiger partial charge in [-0.1, -0.05) is 53.7 Å². The highest BCUT2D eigenvalue weighted by molar-refractivity contribution is 8.14. The smallest absolute Gasteiger partial charge is 0.278 e. The molecule has 1 saturated carbocycles. The third-order valence-electron chi connectivity index (χ3n) is 5.29. The van der Waals surface area contributed by atoms with E-state index in [2.05, 4.69) is 20.5 Å². The molecule has 2 aliphatic rings. The summed E-state index contributed by atoms with van der Waals surface area (Å²) in [6, 6.07) is 10.0. The van der Waals surface area contributed by atoms with Gasteiger partial charge in [0.25, 0.3) is 5.91 Å². The van der Waals surface area contributed by atoms with Crippen molar-refractivity contribution < 1.29 is 9.59 Å². The number of carbonyl (C=O) groups excluding carboxylic acids is 2. The first-order chi connectivity index (χ1) is 16.5. The minimum Gasteiger partial charge on any atom is -0.307 e. The second-order valence-corrected chi connectivity index (χ2v) is 9.47. The van der Waals surface area contributed by atoms with Crippen LogP contribution in [-0.4, -0.2) is 53.2 Å². The number of aliphatic imine (C=N–C) groups is 1. The van der Waals surface area contributed by atoms with Crippen LogP contribution in [0.4, 0.5) is 5.82 Å².